The Morgan fingerprint density at radius 3 is 2.67 bits per heavy atom. The van der Waals surface area contributed by atoms with Crippen molar-refractivity contribution in [1.29, 1.82) is 0 Å². The van der Waals surface area contributed by atoms with Crippen LogP contribution >= 0.6 is 11.3 Å². The lowest BCUT2D eigenvalue weighted by Crippen LogP contribution is -2.23. The largest absolute Gasteiger partial charge is 0.494 e. The molecule has 2 heterocycles. The first kappa shape index (κ1) is 16.2. The number of rotatable bonds is 5. The summed E-state index contributed by atoms with van der Waals surface area (Å²) in [7, 11) is 0. The van der Waals surface area contributed by atoms with Crippen LogP contribution in [0.25, 0.3) is 10.3 Å². The molecule has 0 aliphatic carbocycles. The lowest BCUT2D eigenvalue weighted by atomic mass is 10.3. The van der Waals surface area contributed by atoms with E-state index in [2.05, 4.69) is 15.0 Å². The molecule has 0 aliphatic rings. The van der Waals surface area contributed by atoms with Gasteiger partial charge in [-0.1, -0.05) is 11.3 Å². The summed E-state index contributed by atoms with van der Waals surface area (Å²) in [5.74, 6) is 0.747. The molecule has 3 N–H and O–H groups in total. The van der Waals surface area contributed by atoms with Gasteiger partial charge in [-0.3, -0.25) is 14.8 Å². The van der Waals surface area contributed by atoms with Crippen LogP contribution in [0.3, 0.4) is 0 Å². The van der Waals surface area contributed by atoms with Crippen molar-refractivity contribution in [3.63, 3.8) is 0 Å². The predicted molar refractivity (Wildman–Crippen MR) is 91.0 cm³/mol. The van der Waals surface area contributed by atoms with Crippen LogP contribution in [0.4, 0.5) is 5.69 Å². The number of ether oxygens (including phenoxy) is 1. The monoisotopic (exact) mass is 348 g/mol. The van der Waals surface area contributed by atoms with Crippen LogP contribution in [0.5, 0.6) is 5.75 Å². The molecular weight excluding hydrogens is 332 g/mol. The number of nitrogens with one attached hydrogen (secondary N) is 2. The third-order valence-corrected chi connectivity index (χ3v) is 4.35. The Hall–Kier alpha value is -2.65. The van der Waals surface area contributed by atoms with Gasteiger partial charge in [-0.15, -0.1) is 0 Å². The molecule has 24 heavy (non-hydrogen) atoms. The molecule has 126 valence electrons. The van der Waals surface area contributed by atoms with E-state index in [1.165, 1.54) is 0 Å². The Balaban J connectivity index is 2.17. The number of thiazole rings is 1. The molecule has 0 spiro atoms. The Bertz CT molecular complexity index is 1030. The third-order valence-electron chi connectivity index (χ3n) is 3.27. The maximum atomic E-state index is 11.9. The topological polar surface area (TPSA) is 112 Å². The van der Waals surface area contributed by atoms with E-state index in [9.17, 15) is 14.7 Å². The molecule has 0 unspecified atom stereocenters. The molecule has 0 saturated carbocycles. The van der Waals surface area contributed by atoms with Gasteiger partial charge in [0.25, 0.3) is 5.56 Å². The van der Waals surface area contributed by atoms with Crippen LogP contribution in [-0.4, -0.2) is 32.9 Å². The Labute approximate surface area is 139 Å². The number of hydrogen-bond donors (Lipinski definition) is 3. The Morgan fingerprint density at radius 1 is 1.25 bits per heavy atom. The third kappa shape index (κ3) is 3.17. The summed E-state index contributed by atoms with van der Waals surface area (Å²) < 4.78 is 7.36. The lowest BCUT2D eigenvalue weighted by Gasteiger charge is -2.03. The molecule has 0 fully saturated rings. The molecule has 0 saturated heterocycles. The fourth-order valence-corrected chi connectivity index (χ4v) is 3.30. The van der Waals surface area contributed by atoms with Gasteiger partial charge in [0.05, 0.1) is 18.9 Å². The van der Waals surface area contributed by atoms with Gasteiger partial charge in [0.1, 0.15) is 16.1 Å². The number of hydrogen-bond acceptors (Lipinski definition) is 6. The molecular formula is C15H16N4O4S. The molecule has 0 bridgehead atoms. The van der Waals surface area contributed by atoms with E-state index in [0.717, 1.165) is 17.1 Å². The highest BCUT2D eigenvalue weighted by molar-refractivity contribution is 7.16. The van der Waals surface area contributed by atoms with Gasteiger partial charge in [-0.25, -0.2) is 9.79 Å². The van der Waals surface area contributed by atoms with Gasteiger partial charge in [-0.05, 0) is 31.2 Å². The number of aliphatic hydroxyl groups is 1. The van der Waals surface area contributed by atoms with Gasteiger partial charge in [0.15, 0.2) is 4.80 Å². The first-order valence-electron chi connectivity index (χ1n) is 7.36. The van der Waals surface area contributed by atoms with Crippen molar-refractivity contribution in [2.45, 2.75) is 13.5 Å². The summed E-state index contributed by atoms with van der Waals surface area (Å²) in [5, 5.41) is 9.27. The number of aromatic nitrogens is 3. The number of fused-ring (bicyclic) bond motifs is 1. The second-order valence-electron chi connectivity index (χ2n) is 4.88. The van der Waals surface area contributed by atoms with E-state index in [1.54, 1.807) is 28.8 Å². The average molecular weight is 348 g/mol. The molecule has 0 atom stereocenters. The van der Waals surface area contributed by atoms with Crippen molar-refractivity contribution in [2.75, 3.05) is 13.2 Å². The molecule has 8 nitrogen and oxygen atoms in total. The standard InChI is InChI=1S/C15H16N4O4S/c1-2-23-10-5-3-9(4-6-10)16-15-19(7-8-20)12-11(24-15)13(21)18-14(22)17-12/h3-6,20H,2,7-8H2,1H3,(H2,17,18,21,22). The van der Waals surface area contributed by atoms with E-state index >= 15 is 0 Å². The molecule has 3 aromatic rings. The summed E-state index contributed by atoms with van der Waals surface area (Å²) in [5.41, 5.74) is -0.0360. The summed E-state index contributed by atoms with van der Waals surface area (Å²) in [6.45, 7) is 2.57. The van der Waals surface area contributed by atoms with Crippen LogP contribution in [0, 0.1) is 0 Å². The van der Waals surface area contributed by atoms with Crippen LogP contribution in [-0.2, 0) is 6.54 Å². The van der Waals surface area contributed by atoms with E-state index in [0.29, 0.717) is 27.4 Å². The number of H-pyrrole nitrogens is 2. The van der Waals surface area contributed by atoms with E-state index in [4.69, 9.17) is 4.74 Å². The van der Waals surface area contributed by atoms with Crippen LogP contribution in [0.2, 0.25) is 0 Å². The summed E-state index contributed by atoms with van der Waals surface area (Å²) >= 11 is 1.15. The minimum atomic E-state index is -0.593. The van der Waals surface area contributed by atoms with E-state index < -0.39 is 11.2 Å². The highest BCUT2D eigenvalue weighted by atomic mass is 32.1. The molecule has 2 aromatic heterocycles. The second kappa shape index (κ2) is 6.85. The van der Waals surface area contributed by atoms with Crippen LogP contribution < -0.4 is 20.8 Å². The minimum Gasteiger partial charge on any atom is -0.494 e. The fourth-order valence-electron chi connectivity index (χ4n) is 2.27. The van der Waals surface area contributed by atoms with Crippen LogP contribution in [0.15, 0.2) is 38.8 Å². The number of aromatic amines is 2. The Morgan fingerprint density at radius 2 is 2.00 bits per heavy atom. The van der Waals surface area contributed by atoms with Crippen molar-refractivity contribution in [3.05, 3.63) is 49.9 Å². The van der Waals surface area contributed by atoms with E-state index in [1.807, 2.05) is 6.92 Å². The predicted octanol–water partition coefficient (Wildman–Crippen LogP) is 0.703. The zero-order chi connectivity index (χ0) is 17.1. The molecule has 0 radical (unpaired) electrons. The normalized spacial score (nSPS) is 12.0. The molecule has 0 amide bonds. The molecule has 1 aromatic carbocycles. The summed E-state index contributed by atoms with van der Waals surface area (Å²) in [6, 6.07) is 7.21. The minimum absolute atomic E-state index is 0.142. The SMILES string of the molecule is CCOc1ccc(N=c2sc3c(=O)[nH]c(=O)[nH]c3n2CCO)cc1. The number of benzene rings is 1. The van der Waals surface area contributed by atoms with Gasteiger partial charge in [0, 0.05) is 6.54 Å². The fraction of sp³-hybridized carbons (Fsp3) is 0.267. The van der Waals surface area contributed by atoms with Crippen molar-refractivity contribution in [3.8, 4) is 5.75 Å². The van der Waals surface area contributed by atoms with Crippen molar-refractivity contribution >= 4 is 27.4 Å². The van der Waals surface area contributed by atoms with Crippen molar-refractivity contribution in [1.82, 2.24) is 14.5 Å². The zero-order valence-electron chi connectivity index (χ0n) is 12.9. The molecule has 0 aliphatic heterocycles. The zero-order valence-corrected chi connectivity index (χ0v) is 13.7. The van der Waals surface area contributed by atoms with Gasteiger partial charge >= 0.3 is 5.69 Å². The van der Waals surface area contributed by atoms with Gasteiger partial charge in [0.2, 0.25) is 0 Å². The smallest absolute Gasteiger partial charge is 0.327 e. The van der Waals surface area contributed by atoms with Crippen LogP contribution in [0.1, 0.15) is 6.92 Å². The summed E-state index contributed by atoms with van der Waals surface area (Å²) in [4.78, 5) is 33.2. The quantitative estimate of drug-likeness (QED) is 0.630. The average Bonchev–Trinajstić information content (AvgIpc) is 2.88. The van der Waals surface area contributed by atoms with Crippen molar-refractivity contribution in [2.24, 2.45) is 4.99 Å². The van der Waals surface area contributed by atoms with Crippen molar-refractivity contribution < 1.29 is 9.84 Å². The first-order valence-corrected chi connectivity index (χ1v) is 8.18. The van der Waals surface area contributed by atoms with E-state index in [-0.39, 0.29) is 13.2 Å². The van der Waals surface area contributed by atoms with Gasteiger partial charge < -0.3 is 14.4 Å². The lowest BCUT2D eigenvalue weighted by molar-refractivity contribution is 0.276. The maximum Gasteiger partial charge on any atom is 0.327 e. The first-order chi connectivity index (χ1) is 11.6. The second-order valence-corrected chi connectivity index (χ2v) is 5.86. The Kier molecular flexibility index (Phi) is 4.63. The number of aliphatic hydroxyl groups excluding tert-OH is 1. The van der Waals surface area contributed by atoms with Gasteiger partial charge in [-0.2, -0.15) is 0 Å². The summed E-state index contributed by atoms with van der Waals surface area (Å²) in [6.07, 6.45) is 0. The number of nitrogens with zero attached hydrogens (tertiary/aromatic N) is 2. The maximum absolute atomic E-state index is 11.9. The molecule has 9 heteroatoms. The highest BCUT2D eigenvalue weighted by Gasteiger charge is 2.10. The highest BCUT2D eigenvalue weighted by Crippen LogP contribution is 2.18. The molecule has 3 rings (SSSR count).